The lowest BCUT2D eigenvalue weighted by molar-refractivity contribution is -0.137. The maximum atomic E-state index is 12.4. The molecular formula is C10H9BrClF3. The fourth-order valence-electron chi connectivity index (χ4n) is 1.20. The van der Waals surface area contributed by atoms with Gasteiger partial charge in [-0.3, -0.25) is 0 Å². The van der Waals surface area contributed by atoms with E-state index in [9.17, 15) is 13.2 Å². The molecule has 0 radical (unpaired) electrons. The van der Waals surface area contributed by atoms with Crippen LogP contribution >= 0.6 is 27.5 Å². The Hall–Kier alpha value is -0.220. The molecule has 84 valence electrons. The molecule has 0 unspecified atom stereocenters. The molecule has 0 saturated heterocycles. The van der Waals surface area contributed by atoms with Crippen LogP contribution in [0.1, 0.15) is 17.5 Å². The first-order valence-corrected chi connectivity index (χ1v) is 5.86. The monoisotopic (exact) mass is 300 g/mol. The van der Waals surface area contributed by atoms with Crippen LogP contribution in [-0.2, 0) is 12.6 Å². The van der Waals surface area contributed by atoms with E-state index in [1.54, 1.807) is 0 Å². The lowest BCUT2D eigenvalue weighted by Crippen LogP contribution is -2.05. The van der Waals surface area contributed by atoms with Gasteiger partial charge in [0.25, 0.3) is 0 Å². The third kappa shape index (κ3) is 3.68. The van der Waals surface area contributed by atoms with E-state index >= 15 is 0 Å². The summed E-state index contributed by atoms with van der Waals surface area (Å²) >= 11 is 9.02. The van der Waals surface area contributed by atoms with Gasteiger partial charge in [0, 0.05) is 10.4 Å². The number of hydrogen-bond donors (Lipinski definition) is 0. The van der Waals surface area contributed by atoms with Gasteiger partial charge >= 0.3 is 6.18 Å². The second-order valence-corrected chi connectivity index (χ2v) is 4.30. The minimum absolute atomic E-state index is 0.393. The van der Waals surface area contributed by atoms with Crippen LogP contribution in [0.25, 0.3) is 0 Å². The van der Waals surface area contributed by atoms with Crippen molar-refractivity contribution in [2.45, 2.75) is 19.0 Å². The van der Waals surface area contributed by atoms with Crippen molar-refractivity contribution in [3.05, 3.63) is 34.3 Å². The van der Waals surface area contributed by atoms with E-state index in [0.29, 0.717) is 17.0 Å². The van der Waals surface area contributed by atoms with Crippen LogP contribution in [0.3, 0.4) is 0 Å². The highest BCUT2D eigenvalue weighted by molar-refractivity contribution is 9.09. The van der Waals surface area contributed by atoms with Crippen molar-refractivity contribution in [3.8, 4) is 0 Å². The first-order valence-electron chi connectivity index (χ1n) is 4.36. The first-order chi connectivity index (χ1) is 6.95. The molecule has 1 rings (SSSR count). The zero-order chi connectivity index (χ0) is 11.5. The zero-order valence-electron chi connectivity index (χ0n) is 7.74. The summed E-state index contributed by atoms with van der Waals surface area (Å²) < 4.78 is 37.1. The molecule has 0 N–H and O–H groups in total. The summed E-state index contributed by atoms with van der Waals surface area (Å²) in [6.45, 7) is 0. The van der Waals surface area contributed by atoms with Gasteiger partial charge in [-0.25, -0.2) is 0 Å². The Bertz CT molecular complexity index is 336. The molecule has 0 aromatic heterocycles. The van der Waals surface area contributed by atoms with Gasteiger partial charge in [0.15, 0.2) is 0 Å². The van der Waals surface area contributed by atoms with Crippen molar-refractivity contribution < 1.29 is 13.2 Å². The summed E-state index contributed by atoms with van der Waals surface area (Å²) in [7, 11) is 0. The fourth-order valence-corrected chi connectivity index (χ4v) is 1.69. The van der Waals surface area contributed by atoms with E-state index in [4.69, 9.17) is 11.6 Å². The molecular weight excluding hydrogens is 292 g/mol. The van der Waals surface area contributed by atoms with Crippen LogP contribution in [0.4, 0.5) is 13.2 Å². The third-order valence-electron chi connectivity index (χ3n) is 1.95. The average molecular weight is 302 g/mol. The van der Waals surface area contributed by atoms with Crippen LogP contribution in [-0.4, -0.2) is 5.33 Å². The minimum atomic E-state index is -4.30. The molecule has 1 aromatic rings. The normalized spacial score (nSPS) is 11.8. The first kappa shape index (κ1) is 12.8. The Labute approximate surface area is 99.6 Å². The van der Waals surface area contributed by atoms with Gasteiger partial charge in [0.2, 0.25) is 0 Å². The van der Waals surface area contributed by atoms with E-state index < -0.39 is 11.7 Å². The molecule has 0 bridgehead atoms. The molecule has 0 atom stereocenters. The molecule has 0 nitrogen and oxygen atoms in total. The lowest BCUT2D eigenvalue weighted by Gasteiger charge is -2.09. The topological polar surface area (TPSA) is 0 Å². The van der Waals surface area contributed by atoms with E-state index in [2.05, 4.69) is 15.9 Å². The number of hydrogen-bond acceptors (Lipinski definition) is 0. The smallest absolute Gasteiger partial charge is 0.166 e. The summed E-state index contributed by atoms with van der Waals surface area (Å²) in [6, 6.07) is 3.42. The van der Waals surface area contributed by atoms with E-state index in [-0.39, 0.29) is 0 Å². The molecule has 0 aliphatic carbocycles. The highest BCUT2D eigenvalue weighted by Gasteiger charge is 2.30. The van der Waals surface area contributed by atoms with Gasteiger partial charge in [-0.2, -0.15) is 13.2 Å². The highest BCUT2D eigenvalue weighted by atomic mass is 79.9. The number of aryl methyl sites for hydroxylation is 1. The van der Waals surface area contributed by atoms with Crippen LogP contribution in [0.15, 0.2) is 18.2 Å². The largest absolute Gasteiger partial charge is 0.416 e. The van der Waals surface area contributed by atoms with E-state index in [0.717, 1.165) is 23.9 Å². The molecule has 0 spiro atoms. The van der Waals surface area contributed by atoms with Gasteiger partial charge in [0.05, 0.1) is 5.56 Å². The quantitative estimate of drug-likeness (QED) is 0.711. The summed E-state index contributed by atoms with van der Waals surface area (Å²) in [6.07, 6.45) is -2.98. The second-order valence-electron chi connectivity index (χ2n) is 3.10. The third-order valence-corrected chi connectivity index (χ3v) is 2.88. The van der Waals surface area contributed by atoms with Crippen molar-refractivity contribution in [2.75, 3.05) is 5.33 Å². The van der Waals surface area contributed by atoms with Crippen molar-refractivity contribution in [3.63, 3.8) is 0 Å². The van der Waals surface area contributed by atoms with Crippen molar-refractivity contribution in [1.82, 2.24) is 0 Å². The van der Waals surface area contributed by atoms with Gasteiger partial charge in [-0.1, -0.05) is 27.5 Å². The van der Waals surface area contributed by atoms with Gasteiger partial charge < -0.3 is 0 Å². The summed E-state index contributed by atoms with van der Waals surface area (Å²) in [5.41, 5.74) is -0.0950. The SMILES string of the molecule is FC(F)(F)c1ccc(Cl)c(CCCBr)c1. The minimum Gasteiger partial charge on any atom is -0.166 e. The predicted molar refractivity (Wildman–Crippen MR) is 58.6 cm³/mol. The molecule has 0 fully saturated rings. The maximum absolute atomic E-state index is 12.4. The number of alkyl halides is 4. The Morgan fingerprint density at radius 2 is 1.93 bits per heavy atom. The molecule has 0 aliphatic rings. The molecule has 15 heavy (non-hydrogen) atoms. The van der Waals surface area contributed by atoms with Gasteiger partial charge in [-0.05, 0) is 36.6 Å². The molecule has 0 amide bonds. The van der Waals surface area contributed by atoms with E-state index in [1.807, 2.05) is 0 Å². The number of rotatable bonds is 3. The summed E-state index contributed by atoms with van der Waals surface area (Å²) in [5, 5.41) is 1.14. The van der Waals surface area contributed by atoms with Crippen LogP contribution in [0, 0.1) is 0 Å². The zero-order valence-corrected chi connectivity index (χ0v) is 10.1. The van der Waals surface area contributed by atoms with Crippen molar-refractivity contribution >= 4 is 27.5 Å². The Balaban J connectivity index is 2.95. The van der Waals surface area contributed by atoms with Crippen LogP contribution < -0.4 is 0 Å². The summed E-state index contributed by atoms with van der Waals surface area (Å²) in [4.78, 5) is 0. The predicted octanol–water partition coefficient (Wildman–Crippen LogP) is 4.69. The average Bonchev–Trinajstić information content (AvgIpc) is 2.15. The van der Waals surface area contributed by atoms with Gasteiger partial charge in [0.1, 0.15) is 0 Å². The van der Waals surface area contributed by atoms with Crippen molar-refractivity contribution in [2.24, 2.45) is 0 Å². The fraction of sp³-hybridized carbons (Fsp3) is 0.400. The van der Waals surface area contributed by atoms with Crippen LogP contribution in [0.2, 0.25) is 5.02 Å². The molecule has 0 saturated carbocycles. The number of halogens is 5. The van der Waals surface area contributed by atoms with Gasteiger partial charge in [-0.15, -0.1) is 0 Å². The highest BCUT2D eigenvalue weighted by Crippen LogP contribution is 2.32. The Morgan fingerprint density at radius 1 is 1.27 bits per heavy atom. The number of benzene rings is 1. The molecule has 1 aromatic carbocycles. The van der Waals surface area contributed by atoms with E-state index in [1.165, 1.54) is 6.07 Å². The summed E-state index contributed by atoms with van der Waals surface area (Å²) in [5.74, 6) is 0. The second kappa shape index (κ2) is 5.21. The lowest BCUT2D eigenvalue weighted by atomic mass is 10.1. The molecule has 0 aliphatic heterocycles. The maximum Gasteiger partial charge on any atom is 0.416 e. The van der Waals surface area contributed by atoms with Crippen LogP contribution in [0.5, 0.6) is 0 Å². The molecule has 5 heteroatoms. The van der Waals surface area contributed by atoms with Crippen molar-refractivity contribution in [1.29, 1.82) is 0 Å². The molecule has 0 heterocycles. The Morgan fingerprint density at radius 3 is 2.47 bits per heavy atom. The Kier molecular flexibility index (Phi) is 4.46. The standard InChI is InChI=1S/C10H9BrClF3/c11-5-1-2-7-6-8(10(13,14)15)3-4-9(7)12/h3-4,6H,1-2,5H2.